The summed E-state index contributed by atoms with van der Waals surface area (Å²) in [7, 11) is 0. The van der Waals surface area contributed by atoms with Gasteiger partial charge in [-0.1, -0.05) is 58.0 Å². The molecule has 1 aromatic rings. The highest BCUT2D eigenvalue weighted by Gasteiger charge is 2.23. The van der Waals surface area contributed by atoms with Crippen molar-refractivity contribution in [3.05, 3.63) is 35.9 Å². The molecule has 1 unspecified atom stereocenters. The highest BCUT2D eigenvalue weighted by molar-refractivity contribution is 5.83. The zero-order valence-corrected chi connectivity index (χ0v) is 13.7. The highest BCUT2D eigenvalue weighted by atomic mass is 16.3. The topological polar surface area (TPSA) is 49.3 Å². The molecule has 0 aromatic heterocycles. The maximum absolute atomic E-state index is 12.4. The third kappa shape index (κ3) is 5.88. The van der Waals surface area contributed by atoms with Crippen molar-refractivity contribution in [3.8, 4) is 0 Å². The first-order valence-electron chi connectivity index (χ1n) is 7.81. The fourth-order valence-corrected chi connectivity index (χ4v) is 2.47. The Morgan fingerprint density at radius 2 is 1.86 bits per heavy atom. The number of aliphatic hydroxyl groups excluding tert-OH is 1. The summed E-state index contributed by atoms with van der Waals surface area (Å²) in [5.74, 6) is 0.260. The van der Waals surface area contributed by atoms with Crippen LogP contribution in [0.2, 0.25) is 0 Å². The molecule has 0 aliphatic heterocycles. The molecule has 0 fully saturated rings. The van der Waals surface area contributed by atoms with Gasteiger partial charge in [-0.2, -0.15) is 0 Å². The Labute approximate surface area is 128 Å². The Morgan fingerprint density at radius 1 is 1.24 bits per heavy atom. The van der Waals surface area contributed by atoms with Gasteiger partial charge in [0.2, 0.25) is 5.91 Å². The molecule has 0 spiro atoms. The summed E-state index contributed by atoms with van der Waals surface area (Å²) >= 11 is 0. The Balaban J connectivity index is 2.52. The Morgan fingerprint density at radius 3 is 2.38 bits per heavy atom. The van der Waals surface area contributed by atoms with E-state index in [1.54, 1.807) is 0 Å². The second-order valence-electron chi connectivity index (χ2n) is 6.85. The smallest absolute Gasteiger partial charge is 0.227 e. The van der Waals surface area contributed by atoms with Gasteiger partial charge < -0.3 is 10.4 Å². The molecule has 1 amide bonds. The monoisotopic (exact) mass is 291 g/mol. The van der Waals surface area contributed by atoms with E-state index in [1.807, 2.05) is 44.2 Å². The molecule has 0 heterocycles. The van der Waals surface area contributed by atoms with Crippen molar-refractivity contribution in [1.82, 2.24) is 5.32 Å². The van der Waals surface area contributed by atoms with Crippen molar-refractivity contribution in [1.29, 1.82) is 0 Å². The molecule has 0 saturated heterocycles. The number of amides is 1. The number of rotatable bonds is 8. The Kier molecular flexibility index (Phi) is 6.90. The molecule has 118 valence electrons. The van der Waals surface area contributed by atoms with E-state index in [-0.39, 0.29) is 29.8 Å². The molecule has 3 heteroatoms. The van der Waals surface area contributed by atoms with E-state index in [2.05, 4.69) is 19.2 Å². The van der Waals surface area contributed by atoms with E-state index in [0.717, 1.165) is 18.4 Å². The minimum absolute atomic E-state index is 0.0679. The van der Waals surface area contributed by atoms with Gasteiger partial charge in [-0.05, 0) is 29.7 Å². The van der Waals surface area contributed by atoms with Gasteiger partial charge in [0.25, 0.3) is 0 Å². The largest absolute Gasteiger partial charge is 0.396 e. The van der Waals surface area contributed by atoms with E-state index in [9.17, 15) is 9.90 Å². The predicted octanol–water partition coefficient (Wildman–Crippen LogP) is 3.34. The number of carbonyl (C=O) groups is 1. The SMILES string of the molecule is CC(C)C(C(=O)NCCCC(C)(C)CO)c1ccccc1. The van der Waals surface area contributed by atoms with Gasteiger partial charge in [-0.15, -0.1) is 0 Å². The lowest BCUT2D eigenvalue weighted by Crippen LogP contribution is -2.33. The summed E-state index contributed by atoms with van der Waals surface area (Å²) in [6.07, 6.45) is 1.79. The predicted molar refractivity (Wildman–Crippen MR) is 87.1 cm³/mol. The maximum atomic E-state index is 12.4. The van der Waals surface area contributed by atoms with Crippen LogP contribution in [0.1, 0.15) is 52.0 Å². The molecule has 1 atom stereocenters. The van der Waals surface area contributed by atoms with Crippen LogP contribution < -0.4 is 5.32 Å². The summed E-state index contributed by atoms with van der Waals surface area (Å²) in [6.45, 7) is 9.07. The minimum atomic E-state index is -0.1000. The first-order valence-corrected chi connectivity index (χ1v) is 7.81. The van der Waals surface area contributed by atoms with E-state index in [4.69, 9.17) is 0 Å². The van der Waals surface area contributed by atoms with E-state index in [1.165, 1.54) is 0 Å². The van der Waals surface area contributed by atoms with Gasteiger partial charge in [0.15, 0.2) is 0 Å². The molecule has 0 saturated carbocycles. The van der Waals surface area contributed by atoms with Crippen LogP contribution in [-0.2, 0) is 4.79 Å². The van der Waals surface area contributed by atoms with Crippen LogP contribution in [0.25, 0.3) is 0 Å². The molecular weight excluding hydrogens is 262 g/mol. The van der Waals surface area contributed by atoms with Crippen molar-refractivity contribution >= 4 is 5.91 Å². The maximum Gasteiger partial charge on any atom is 0.227 e. The Hall–Kier alpha value is -1.35. The third-order valence-electron chi connectivity index (χ3n) is 3.87. The van der Waals surface area contributed by atoms with Gasteiger partial charge in [-0.25, -0.2) is 0 Å². The summed E-state index contributed by atoms with van der Waals surface area (Å²) in [5, 5.41) is 12.3. The van der Waals surface area contributed by atoms with Crippen molar-refractivity contribution in [2.45, 2.75) is 46.5 Å². The molecule has 1 aromatic carbocycles. The van der Waals surface area contributed by atoms with Crippen LogP contribution in [0.15, 0.2) is 30.3 Å². The summed E-state index contributed by atoms with van der Waals surface area (Å²) < 4.78 is 0. The zero-order valence-electron chi connectivity index (χ0n) is 13.7. The molecular formula is C18H29NO2. The van der Waals surface area contributed by atoms with Crippen molar-refractivity contribution in [3.63, 3.8) is 0 Å². The fourth-order valence-electron chi connectivity index (χ4n) is 2.47. The standard InChI is InChI=1S/C18H29NO2/c1-14(2)16(15-9-6-5-7-10-15)17(21)19-12-8-11-18(3,4)13-20/h5-7,9-10,14,16,20H,8,11-13H2,1-4H3,(H,19,21). The van der Waals surface area contributed by atoms with Gasteiger partial charge >= 0.3 is 0 Å². The summed E-state index contributed by atoms with van der Waals surface area (Å²) in [4.78, 5) is 12.4. The second-order valence-corrected chi connectivity index (χ2v) is 6.85. The van der Waals surface area contributed by atoms with Gasteiger partial charge in [0.1, 0.15) is 0 Å². The molecule has 0 aliphatic rings. The lowest BCUT2D eigenvalue weighted by molar-refractivity contribution is -0.123. The van der Waals surface area contributed by atoms with Gasteiger partial charge in [-0.3, -0.25) is 4.79 Å². The van der Waals surface area contributed by atoms with E-state index in [0.29, 0.717) is 6.54 Å². The quantitative estimate of drug-likeness (QED) is 0.722. The van der Waals surface area contributed by atoms with Crippen LogP contribution in [-0.4, -0.2) is 24.2 Å². The molecule has 2 N–H and O–H groups in total. The van der Waals surface area contributed by atoms with Crippen LogP contribution in [0.3, 0.4) is 0 Å². The molecule has 21 heavy (non-hydrogen) atoms. The lowest BCUT2D eigenvalue weighted by atomic mass is 9.87. The molecule has 0 radical (unpaired) electrons. The van der Waals surface area contributed by atoms with Gasteiger partial charge in [0.05, 0.1) is 5.92 Å². The summed E-state index contributed by atoms with van der Waals surface area (Å²) in [6, 6.07) is 9.94. The molecule has 1 rings (SSSR count). The van der Waals surface area contributed by atoms with Crippen LogP contribution >= 0.6 is 0 Å². The normalized spacial score (nSPS) is 13.2. The number of benzene rings is 1. The fraction of sp³-hybridized carbons (Fsp3) is 0.611. The van der Waals surface area contributed by atoms with E-state index >= 15 is 0 Å². The number of nitrogens with one attached hydrogen (secondary N) is 1. The first-order chi connectivity index (χ1) is 9.87. The number of carbonyl (C=O) groups excluding carboxylic acids is 1. The molecule has 0 aliphatic carbocycles. The summed E-state index contributed by atoms with van der Waals surface area (Å²) in [5.41, 5.74) is 1.00. The van der Waals surface area contributed by atoms with Crippen molar-refractivity contribution < 1.29 is 9.90 Å². The number of hydrogen-bond acceptors (Lipinski definition) is 2. The van der Waals surface area contributed by atoms with Crippen molar-refractivity contribution in [2.24, 2.45) is 11.3 Å². The second kappa shape index (κ2) is 8.18. The Bertz CT molecular complexity index is 426. The average molecular weight is 291 g/mol. The van der Waals surface area contributed by atoms with Crippen LogP contribution in [0.4, 0.5) is 0 Å². The number of hydrogen-bond donors (Lipinski definition) is 2. The van der Waals surface area contributed by atoms with E-state index < -0.39 is 0 Å². The molecule has 3 nitrogen and oxygen atoms in total. The third-order valence-corrected chi connectivity index (χ3v) is 3.87. The first kappa shape index (κ1) is 17.7. The van der Waals surface area contributed by atoms with Crippen molar-refractivity contribution in [2.75, 3.05) is 13.2 Å². The zero-order chi connectivity index (χ0) is 15.9. The van der Waals surface area contributed by atoms with Gasteiger partial charge in [0, 0.05) is 13.2 Å². The molecule has 0 bridgehead atoms. The van der Waals surface area contributed by atoms with Crippen LogP contribution in [0, 0.1) is 11.3 Å². The van der Waals surface area contributed by atoms with Crippen LogP contribution in [0.5, 0.6) is 0 Å². The average Bonchev–Trinajstić information content (AvgIpc) is 2.44. The minimum Gasteiger partial charge on any atom is -0.396 e. The highest BCUT2D eigenvalue weighted by Crippen LogP contribution is 2.25. The number of aliphatic hydroxyl groups is 1. The lowest BCUT2D eigenvalue weighted by Gasteiger charge is -2.23.